The molecule has 3 heterocycles. The zero-order chi connectivity index (χ0) is 19.8. The van der Waals surface area contributed by atoms with Crippen molar-refractivity contribution in [3.8, 4) is 0 Å². The minimum atomic E-state index is -0.539. The highest BCUT2D eigenvalue weighted by Crippen LogP contribution is 2.21. The number of piperidine rings is 1. The number of hydrogen-bond acceptors (Lipinski definition) is 5. The maximum absolute atomic E-state index is 13.5. The maximum Gasteiger partial charge on any atom is 0.329 e. The molecule has 9 heteroatoms. The molecule has 0 aliphatic carbocycles. The predicted octanol–water partition coefficient (Wildman–Crippen LogP) is 1.40. The molecule has 0 radical (unpaired) electrons. The first-order valence-electron chi connectivity index (χ1n) is 8.96. The highest BCUT2D eigenvalue weighted by Gasteiger charge is 2.27. The Hall–Kier alpha value is -3.36. The number of fused-ring (bicyclic) bond motifs is 1. The molecular formula is C19H18FN5O3. The molecule has 3 aromatic rings. The van der Waals surface area contributed by atoms with Crippen molar-refractivity contribution in [2.75, 3.05) is 13.1 Å². The molecule has 0 spiro atoms. The number of nitrogens with zero attached hydrogens (tertiary/aromatic N) is 4. The fourth-order valence-electron chi connectivity index (χ4n) is 3.52. The van der Waals surface area contributed by atoms with Crippen LogP contribution < -0.4 is 11.2 Å². The van der Waals surface area contributed by atoms with Gasteiger partial charge in [-0.15, -0.1) is 0 Å². The molecule has 1 N–H and O–H groups in total. The van der Waals surface area contributed by atoms with Crippen LogP contribution in [0.1, 0.15) is 35.1 Å². The van der Waals surface area contributed by atoms with Crippen LogP contribution >= 0.6 is 0 Å². The van der Waals surface area contributed by atoms with E-state index in [1.165, 1.54) is 24.5 Å². The van der Waals surface area contributed by atoms with Gasteiger partial charge in [0.05, 0.1) is 22.8 Å². The molecule has 0 saturated carbocycles. The van der Waals surface area contributed by atoms with Crippen molar-refractivity contribution in [2.45, 2.75) is 25.8 Å². The number of amides is 1. The van der Waals surface area contributed by atoms with Gasteiger partial charge >= 0.3 is 5.69 Å². The van der Waals surface area contributed by atoms with E-state index >= 15 is 0 Å². The standard InChI is InChI=1S/C19H18FN5O3/c1-11-9-22-16(10-21-11)18(27)24-6-4-13(5-7-24)25-17(26)14-8-12(20)2-3-15(14)23-19(25)28/h2-3,8-10,13H,4-7H2,1H3,(H,23,28). The first kappa shape index (κ1) is 18.0. The number of carbonyl (C=O) groups excluding carboxylic acids is 1. The summed E-state index contributed by atoms with van der Waals surface area (Å²) in [6.07, 6.45) is 3.85. The van der Waals surface area contributed by atoms with Crippen LogP contribution in [0.4, 0.5) is 4.39 Å². The summed E-state index contributed by atoms with van der Waals surface area (Å²) in [5.41, 5.74) is 0.241. The third-order valence-corrected chi connectivity index (χ3v) is 5.01. The lowest BCUT2D eigenvalue weighted by molar-refractivity contribution is 0.0685. The summed E-state index contributed by atoms with van der Waals surface area (Å²) in [6, 6.07) is 3.33. The average molecular weight is 383 g/mol. The number of rotatable bonds is 2. The average Bonchev–Trinajstić information content (AvgIpc) is 2.69. The molecule has 28 heavy (non-hydrogen) atoms. The molecule has 1 aromatic carbocycles. The van der Waals surface area contributed by atoms with Crippen LogP contribution in [0.3, 0.4) is 0 Å². The zero-order valence-corrected chi connectivity index (χ0v) is 15.2. The molecular weight excluding hydrogens is 365 g/mol. The van der Waals surface area contributed by atoms with Crippen LogP contribution in [0.15, 0.2) is 40.2 Å². The number of aromatic nitrogens is 4. The van der Waals surface area contributed by atoms with Gasteiger partial charge < -0.3 is 9.88 Å². The van der Waals surface area contributed by atoms with Crippen molar-refractivity contribution in [1.82, 2.24) is 24.4 Å². The second kappa shape index (κ2) is 6.99. The fraction of sp³-hybridized carbons (Fsp3) is 0.316. The van der Waals surface area contributed by atoms with Gasteiger partial charge in [0.1, 0.15) is 11.5 Å². The molecule has 8 nitrogen and oxygen atoms in total. The first-order chi connectivity index (χ1) is 13.4. The molecule has 1 aliphatic rings. The van der Waals surface area contributed by atoms with E-state index in [-0.39, 0.29) is 23.0 Å². The Balaban J connectivity index is 1.57. The van der Waals surface area contributed by atoms with Crippen LogP contribution in [0.5, 0.6) is 0 Å². The Morgan fingerprint density at radius 3 is 2.61 bits per heavy atom. The van der Waals surface area contributed by atoms with Crippen molar-refractivity contribution in [3.63, 3.8) is 0 Å². The normalized spacial score (nSPS) is 15.1. The van der Waals surface area contributed by atoms with Gasteiger partial charge in [-0.2, -0.15) is 0 Å². The number of aromatic amines is 1. The van der Waals surface area contributed by atoms with E-state index in [0.717, 1.165) is 16.3 Å². The van der Waals surface area contributed by atoms with Crippen molar-refractivity contribution in [2.24, 2.45) is 0 Å². The maximum atomic E-state index is 13.5. The van der Waals surface area contributed by atoms with E-state index < -0.39 is 17.1 Å². The highest BCUT2D eigenvalue weighted by atomic mass is 19.1. The topological polar surface area (TPSA) is 101 Å². The number of likely N-dealkylation sites (tertiary alicyclic amines) is 1. The summed E-state index contributed by atoms with van der Waals surface area (Å²) >= 11 is 0. The van der Waals surface area contributed by atoms with Gasteiger partial charge in [-0.25, -0.2) is 14.2 Å². The molecule has 1 aliphatic heterocycles. The van der Waals surface area contributed by atoms with E-state index in [4.69, 9.17) is 0 Å². The molecule has 4 rings (SSSR count). The van der Waals surface area contributed by atoms with Crippen LogP contribution in [0.25, 0.3) is 10.9 Å². The monoisotopic (exact) mass is 383 g/mol. The molecule has 0 atom stereocenters. The van der Waals surface area contributed by atoms with Crippen LogP contribution in [-0.2, 0) is 0 Å². The predicted molar refractivity (Wildman–Crippen MR) is 99.7 cm³/mol. The molecule has 1 amide bonds. The molecule has 2 aromatic heterocycles. The van der Waals surface area contributed by atoms with Crippen molar-refractivity contribution >= 4 is 16.8 Å². The quantitative estimate of drug-likeness (QED) is 0.721. The number of benzene rings is 1. The number of aryl methyl sites for hydroxylation is 1. The first-order valence-corrected chi connectivity index (χ1v) is 8.96. The number of carbonyl (C=O) groups is 1. The summed E-state index contributed by atoms with van der Waals surface area (Å²) in [6.45, 7) is 2.55. The van der Waals surface area contributed by atoms with Gasteiger partial charge in [0, 0.05) is 25.3 Å². The Labute approximate surface area is 158 Å². The zero-order valence-electron chi connectivity index (χ0n) is 15.2. The summed E-state index contributed by atoms with van der Waals surface area (Å²) in [5, 5.41) is 0.132. The highest BCUT2D eigenvalue weighted by molar-refractivity contribution is 5.92. The Morgan fingerprint density at radius 1 is 1.18 bits per heavy atom. The van der Waals surface area contributed by atoms with Gasteiger partial charge in [0.15, 0.2) is 0 Å². The Kier molecular flexibility index (Phi) is 4.50. The van der Waals surface area contributed by atoms with E-state index in [2.05, 4.69) is 15.0 Å². The van der Waals surface area contributed by atoms with Crippen molar-refractivity contribution in [1.29, 1.82) is 0 Å². The molecule has 0 unspecified atom stereocenters. The van der Waals surface area contributed by atoms with E-state index in [0.29, 0.717) is 31.4 Å². The molecule has 0 bridgehead atoms. The van der Waals surface area contributed by atoms with Crippen molar-refractivity contribution in [3.05, 3.63) is 68.6 Å². The lowest BCUT2D eigenvalue weighted by Gasteiger charge is -2.32. The molecule has 144 valence electrons. The Bertz CT molecular complexity index is 1160. The smallest absolute Gasteiger partial charge is 0.329 e. The fourth-order valence-corrected chi connectivity index (χ4v) is 3.52. The minimum absolute atomic E-state index is 0.132. The largest absolute Gasteiger partial charge is 0.337 e. The second-order valence-corrected chi connectivity index (χ2v) is 6.86. The lowest BCUT2D eigenvalue weighted by Crippen LogP contribution is -2.45. The second-order valence-electron chi connectivity index (χ2n) is 6.86. The number of hydrogen-bond donors (Lipinski definition) is 1. The summed E-state index contributed by atoms with van der Waals surface area (Å²) in [7, 11) is 0. The van der Waals surface area contributed by atoms with Crippen LogP contribution in [-0.4, -0.2) is 43.4 Å². The van der Waals surface area contributed by atoms with Crippen molar-refractivity contribution < 1.29 is 9.18 Å². The Morgan fingerprint density at radius 2 is 1.93 bits per heavy atom. The molecule has 1 fully saturated rings. The lowest BCUT2D eigenvalue weighted by atomic mass is 10.0. The van der Waals surface area contributed by atoms with Gasteiger partial charge in [-0.3, -0.25) is 19.1 Å². The van der Waals surface area contributed by atoms with E-state index in [1.54, 1.807) is 11.8 Å². The van der Waals surface area contributed by atoms with E-state index in [1.807, 2.05) is 0 Å². The van der Waals surface area contributed by atoms with E-state index in [9.17, 15) is 18.8 Å². The van der Waals surface area contributed by atoms with Gasteiger partial charge in [0.25, 0.3) is 11.5 Å². The number of nitrogens with one attached hydrogen (secondary N) is 1. The van der Waals surface area contributed by atoms with Crippen LogP contribution in [0.2, 0.25) is 0 Å². The summed E-state index contributed by atoms with van der Waals surface area (Å²) < 4.78 is 14.7. The molecule has 1 saturated heterocycles. The van der Waals surface area contributed by atoms with Crippen LogP contribution in [0, 0.1) is 12.7 Å². The SMILES string of the molecule is Cc1cnc(C(=O)N2CCC(n3c(=O)[nH]c4ccc(F)cc4c3=O)CC2)cn1. The summed E-state index contributed by atoms with van der Waals surface area (Å²) in [4.78, 5) is 50.2. The summed E-state index contributed by atoms with van der Waals surface area (Å²) in [5.74, 6) is -0.768. The number of halogens is 1. The third kappa shape index (κ3) is 3.19. The minimum Gasteiger partial charge on any atom is -0.337 e. The van der Waals surface area contributed by atoms with Gasteiger partial charge in [0.2, 0.25) is 0 Å². The number of H-pyrrole nitrogens is 1. The van der Waals surface area contributed by atoms with Gasteiger partial charge in [-0.05, 0) is 38.0 Å². The third-order valence-electron chi connectivity index (χ3n) is 5.01. The van der Waals surface area contributed by atoms with Gasteiger partial charge in [-0.1, -0.05) is 0 Å².